The molecule has 0 spiro atoms. The topological polar surface area (TPSA) is 48.1 Å². The highest BCUT2D eigenvalue weighted by atomic mass is 16.5. The Morgan fingerprint density at radius 1 is 1.32 bits per heavy atom. The first kappa shape index (κ1) is 12.2. The average Bonchev–Trinajstić information content (AvgIpc) is 2.47. The third kappa shape index (κ3) is 2.22. The van der Waals surface area contributed by atoms with Gasteiger partial charge >= 0.3 is 0 Å². The number of hydrogen-bond donors (Lipinski definition) is 1. The van der Waals surface area contributed by atoms with Gasteiger partial charge in [-0.3, -0.25) is 4.98 Å². The fourth-order valence-electron chi connectivity index (χ4n) is 2.60. The minimum atomic E-state index is 0.405. The van der Waals surface area contributed by atoms with Gasteiger partial charge in [-0.2, -0.15) is 0 Å². The van der Waals surface area contributed by atoms with Gasteiger partial charge in [-0.15, -0.1) is 0 Å². The number of benzene rings is 1. The second kappa shape index (κ2) is 5.02. The maximum Gasteiger partial charge on any atom is 0.130 e. The van der Waals surface area contributed by atoms with Crippen LogP contribution in [-0.4, -0.2) is 18.1 Å². The molecule has 0 radical (unpaired) electrons. The third-order valence-corrected chi connectivity index (χ3v) is 3.70. The summed E-state index contributed by atoms with van der Waals surface area (Å²) in [5, 5.41) is 0. The van der Waals surface area contributed by atoms with Crippen molar-refractivity contribution in [3.63, 3.8) is 0 Å². The SMILES string of the molecule is Cc1ccc(-c2cccc3c2OCCC3CN)cn1. The number of aromatic nitrogens is 1. The quantitative estimate of drug-likeness (QED) is 0.896. The molecule has 0 fully saturated rings. The maximum atomic E-state index is 5.89. The van der Waals surface area contributed by atoms with Crippen molar-refractivity contribution in [2.75, 3.05) is 13.2 Å². The molecule has 1 unspecified atom stereocenters. The monoisotopic (exact) mass is 254 g/mol. The molecule has 19 heavy (non-hydrogen) atoms. The number of hydrogen-bond acceptors (Lipinski definition) is 3. The van der Waals surface area contributed by atoms with Crippen LogP contribution in [-0.2, 0) is 0 Å². The second-order valence-electron chi connectivity index (χ2n) is 4.98. The summed E-state index contributed by atoms with van der Waals surface area (Å²) in [5.74, 6) is 1.39. The van der Waals surface area contributed by atoms with Crippen LogP contribution >= 0.6 is 0 Å². The first-order valence-electron chi connectivity index (χ1n) is 6.68. The molecule has 0 saturated heterocycles. The third-order valence-electron chi connectivity index (χ3n) is 3.70. The van der Waals surface area contributed by atoms with Gasteiger partial charge in [0.2, 0.25) is 0 Å². The normalized spacial score (nSPS) is 17.7. The van der Waals surface area contributed by atoms with Gasteiger partial charge in [0.05, 0.1) is 6.61 Å². The van der Waals surface area contributed by atoms with Gasteiger partial charge in [0.25, 0.3) is 0 Å². The van der Waals surface area contributed by atoms with Gasteiger partial charge in [-0.1, -0.05) is 24.3 Å². The Labute approximate surface area is 113 Å². The van der Waals surface area contributed by atoms with Crippen molar-refractivity contribution >= 4 is 0 Å². The first-order chi connectivity index (χ1) is 9.29. The fraction of sp³-hybridized carbons (Fsp3) is 0.312. The average molecular weight is 254 g/mol. The Hall–Kier alpha value is -1.87. The number of nitrogens with two attached hydrogens (primary N) is 1. The molecule has 98 valence electrons. The first-order valence-corrected chi connectivity index (χ1v) is 6.68. The highest BCUT2D eigenvalue weighted by Gasteiger charge is 2.22. The van der Waals surface area contributed by atoms with E-state index in [1.54, 1.807) is 0 Å². The zero-order chi connectivity index (χ0) is 13.2. The Bertz CT molecular complexity index is 578. The largest absolute Gasteiger partial charge is 0.493 e. The number of nitrogens with zero attached hydrogens (tertiary/aromatic N) is 1. The van der Waals surface area contributed by atoms with Crippen LogP contribution in [0.1, 0.15) is 23.6 Å². The zero-order valence-electron chi connectivity index (χ0n) is 11.1. The van der Waals surface area contributed by atoms with Crippen LogP contribution in [0.4, 0.5) is 0 Å². The van der Waals surface area contributed by atoms with Crippen molar-refractivity contribution in [3.8, 4) is 16.9 Å². The van der Waals surface area contributed by atoms with Crippen LogP contribution in [0.5, 0.6) is 5.75 Å². The van der Waals surface area contributed by atoms with E-state index in [0.717, 1.165) is 35.6 Å². The van der Waals surface area contributed by atoms with Gasteiger partial charge in [-0.05, 0) is 31.5 Å². The standard InChI is InChI=1S/C16H18N2O/c1-11-5-6-13(10-18-11)15-4-2-3-14-12(9-17)7-8-19-16(14)15/h2-6,10,12H,7-9,17H2,1H3. The molecule has 0 saturated carbocycles. The van der Waals surface area contributed by atoms with Crippen LogP contribution in [0.15, 0.2) is 36.5 Å². The van der Waals surface area contributed by atoms with E-state index >= 15 is 0 Å². The predicted molar refractivity (Wildman–Crippen MR) is 76.3 cm³/mol. The Morgan fingerprint density at radius 2 is 2.21 bits per heavy atom. The van der Waals surface area contributed by atoms with Crippen molar-refractivity contribution in [1.29, 1.82) is 0 Å². The summed E-state index contributed by atoms with van der Waals surface area (Å²) in [6.07, 6.45) is 2.90. The smallest absolute Gasteiger partial charge is 0.130 e. The van der Waals surface area contributed by atoms with Crippen LogP contribution in [0.2, 0.25) is 0 Å². The van der Waals surface area contributed by atoms with Crippen LogP contribution in [0, 0.1) is 6.92 Å². The lowest BCUT2D eigenvalue weighted by Crippen LogP contribution is -2.21. The molecule has 3 nitrogen and oxygen atoms in total. The van der Waals surface area contributed by atoms with Crippen LogP contribution in [0.3, 0.4) is 0 Å². The molecule has 1 aliphatic rings. The number of para-hydroxylation sites is 1. The van der Waals surface area contributed by atoms with Crippen molar-refractivity contribution in [2.45, 2.75) is 19.3 Å². The summed E-state index contributed by atoms with van der Waals surface area (Å²) in [7, 11) is 0. The summed E-state index contributed by atoms with van der Waals surface area (Å²) in [5.41, 5.74) is 10.3. The van der Waals surface area contributed by atoms with E-state index < -0.39 is 0 Å². The minimum absolute atomic E-state index is 0.405. The van der Waals surface area contributed by atoms with Gasteiger partial charge in [0, 0.05) is 28.9 Å². The van der Waals surface area contributed by atoms with E-state index in [2.05, 4.69) is 29.2 Å². The molecular weight excluding hydrogens is 236 g/mol. The van der Waals surface area contributed by atoms with Crippen molar-refractivity contribution in [1.82, 2.24) is 4.98 Å². The summed E-state index contributed by atoms with van der Waals surface area (Å²) >= 11 is 0. The number of ether oxygens (including phenoxy) is 1. The molecule has 2 N–H and O–H groups in total. The summed E-state index contributed by atoms with van der Waals surface area (Å²) in [6.45, 7) is 3.41. The highest BCUT2D eigenvalue weighted by Crippen LogP contribution is 2.40. The molecule has 0 aliphatic carbocycles. The summed E-state index contributed by atoms with van der Waals surface area (Å²) in [6, 6.07) is 10.4. The highest BCUT2D eigenvalue weighted by molar-refractivity contribution is 5.72. The van der Waals surface area contributed by atoms with E-state index in [1.807, 2.05) is 19.2 Å². The molecule has 2 heterocycles. The zero-order valence-corrected chi connectivity index (χ0v) is 11.1. The minimum Gasteiger partial charge on any atom is -0.493 e. The Balaban J connectivity index is 2.10. The van der Waals surface area contributed by atoms with Crippen LogP contribution < -0.4 is 10.5 Å². The summed E-state index contributed by atoms with van der Waals surface area (Å²) < 4.78 is 5.89. The van der Waals surface area contributed by atoms with Crippen molar-refractivity contribution < 1.29 is 4.74 Å². The molecule has 0 amide bonds. The predicted octanol–water partition coefficient (Wildman–Crippen LogP) is 2.88. The molecule has 1 aromatic carbocycles. The van der Waals surface area contributed by atoms with Gasteiger partial charge in [0.1, 0.15) is 5.75 Å². The molecule has 2 aromatic rings. The maximum absolute atomic E-state index is 5.89. The molecule has 1 aliphatic heterocycles. The van der Waals surface area contributed by atoms with Crippen molar-refractivity contribution in [3.05, 3.63) is 47.8 Å². The molecule has 3 rings (SSSR count). The van der Waals surface area contributed by atoms with Crippen LogP contribution in [0.25, 0.3) is 11.1 Å². The van der Waals surface area contributed by atoms with E-state index in [4.69, 9.17) is 10.5 Å². The lowest BCUT2D eigenvalue weighted by atomic mass is 9.90. The lowest BCUT2D eigenvalue weighted by molar-refractivity contribution is 0.270. The van der Waals surface area contributed by atoms with E-state index in [9.17, 15) is 0 Å². The van der Waals surface area contributed by atoms with Gasteiger partial charge in [0.15, 0.2) is 0 Å². The lowest BCUT2D eigenvalue weighted by Gasteiger charge is -2.26. The fourth-order valence-corrected chi connectivity index (χ4v) is 2.60. The molecule has 3 heteroatoms. The van der Waals surface area contributed by atoms with E-state index in [0.29, 0.717) is 12.5 Å². The van der Waals surface area contributed by atoms with E-state index in [1.165, 1.54) is 5.56 Å². The Kier molecular flexibility index (Phi) is 3.22. The number of aryl methyl sites for hydroxylation is 1. The number of pyridine rings is 1. The van der Waals surface area contributed by atoms with Gasteiger partial charge < -0.3 is 10.5 Å². The molecule has 0 bridgehead atoms. The molecular formula is C16H18N2O. The molecule has 1 aromatic heterocycles. The van der Waals surface area contributed by atoms with E-state index in [-0.39, 0.29) is 0 Å². The summed E-state index contributed by atoms with van der Waals surface area (Å²) in [4.78, 5) is 4.36. The Morgan fingerprint density at radius 3 is 2.95 bits per heavy atom. The second-order valence-corrected chi connectivity index (χ2v) is 4.98. The number of fused-ring (bicyclic) bond motifs is 1. The van der Waals surface area contributed by atoms with Gasteiger partial charge in [-0.25, -0.2) is 0 Å². The van der Waals surface area contributed by atoms with Crippen molar-refractivity contribution in [2.24, 2.45) is 5.73 Å². The number of rotatable bonds is 2. The molecule has 1 atom stereocenters.